The standard InChI is InChI=1S/C46H45BrN6O8S/c47-32-17-13-30(14-18-32)25-35-42(56)51-36(24-28-8-3-1-4-9-28)44(58)53-41(45(59)52-38(46(60)61)26-29-10-5-2-6-11-29)31-15-19-33(20-16-31)48-39(54)21-22-40(55)49-37(43(57)50-35)27-34-12-7-23-62-34/h1-20,23,35-38,41H,21-22,24-27H2,(H,48,54)(H,49,55)(H,50,57)(H,51,56)(H,52,59)(H,53,58)(H,60,61)/t35-,36+,37+,38-,41?/m0/s1. The summed E-state index contributed by atoms with van der Waals surface area (Å²) in [6.07, 6.45) is -0.435. The van der Waals surface area contributed by atoms with E-state index in [1.165, 1.54) is 35.6 Å². The highest BCUT2D eigenvalue weighted by molar-refractivity contribution is 9.10. The summed E-state index contributed by atoms with van der Waals surface area (Å²) in [4.78, 5) is 96.9. The Balaban J connectivity index is 1.37. The van der Waals surface area contributed by atoms with Gasteiger partial charge in [-0.2, -0.15) is 0 Å². The number of hydrogen-bond acceptors (Lipinski definition) is 8. The molecule has 1 unspecified atom stereocenters. The van der Waals surface area contributed by atoms with E-state index in [-0.39, 0.29) is 44.1 Å². The van der Waals surface area contributed by atoms with E-state index in [9.17, 15) is 38.7 Å². The minimum absolute atomic E-state index is 0.000258. The van der Waals surface area contributed by atoms with E-state index in [2.05, 4.69) is 47.8 Å². The molecule has 62 heavy (non-hydrogen) atoms. The van der Waals surface area contributed by atoms with Crippen LogP contribution in [0.2, 0.25) is 0 Å². The molecule has 2 aliphatic rings. The SMILES string of the molecule is O=C1CCC(=O)N[C@H](Cc2cccs2)C(=O)N[C@@H](Cc2ccc(Br)cc2)C(=O)N[C@H](Cc2ccccc2)C(=O)NC(C(=O)N[C@@H](Cc2ccccc2)C(=O)O)c2ccc(cc2)N1. The first-order valence-electron chi connectivity index (χ1n) is 19.9. The molecule has 5 atom stereocenters. The number of rotatable bonds is 11. The van der Waals surface area contributed by atoms with Crippen LogP contribution in [0, 0.1) is 0 Å². The molecular weight excluding hydrogens is 877 g/mol. The zero-order chi connectivity index (χ0) is 44.0. The number of aliphatic carboxylic acids is 1. The molecule has 3 heterocycles. The number of carbonyl (C=O) groups is 7. The Labute approximate surface area is 370 Å². The summed E-state index contributed by atoms with van der Waals surface area (Å²) in [5.74, 6) is -5.34. The van der Waals surface area contributed by atoms with E-state index < -0.39 is 71.6 Å². The number of nitrogens with one attached hydrogen (secondary N) is 6. The average molecular weight is 922 g/mol. The van der Waals surface area contributed by atoms with Crippen LogP contribution in [-0.4, -0.2) is 70.7 Å². The summed E-state index contributed by atoms with van der Waals surface area (Å²) >= 11 is 4.81. The molecule has 6 amide bonds. The first kappa shape index (κ1) is 44.9. The highest BCUT2D eigenvalue weighted by atomic mass is 79.9. The molecule has 14 nitrogen and oxygen atoms in total. The topological polar surface area (TPSA) is 212 Å². The summed E-state index contributed by atoms with van der Waals surface area (Å²) in [6.45, 7) is 0. The molecule has 7 N–H and O–H groups in total. The molecular formula is C46H45BrN6O8S. The first-order valence-corrected chi connectivity index (χ1v) is 21.6. The Morgan fingerprint density at radius 2 is 1.18 bits per heavy atom. The smallest absolute Gasteiger partial charge is 0.326 e. The third-order valence-corrected chi connectivity index (χ3v) is 11.5. The summed E-state index contributed by atoms with van der Waals surface area (Å²) in [7, 11) is 0. The van der Waals surface area contributed by atoms with Crippen molar-refractivity contribution >= 4 is 74.4 Å². The van der Waals surface area contributed by atoms with Crippen LogP contribution in [-0.2, 0) is 59.2 Å². The van der Waals surface area contributed by atoms with Gasteiger partial charge < -0.3 is 37.0 Å². The van der Waals surface area contributed by atoms with Gasteiger partial charge in [-0.05, 0) is 58.0 Å². The van der Waals surface area contributed by atoms with Crippen molar-refractivity contribution in [3.8, 4) is 0 Å². The molecule has 2 bridgehead atoms. The van der Waals surface area contributed by atoms with Crippen LogP contribution in [0.4, 0.5) is 5.69 Å². The van der Waals surface area contributed by atoms with E-state index in [0.717, 1.165) is 9.35 Å². The molecule has 0 aliphatic carbocycles. The van der Waals surface area contributed by atoms with Crippen molar-refractivity contribution in [1.29, 1.82) is 0 Å². The first-order chi connectivity index (χ1) is 29.9. The summed E-state index contributed by atoms with van der Waals surface area (Å²) in [5, 5.41) is 28.4. The maximum atomic E-state index is 14.5. The molecule has 0 spiro atoms. The summed E-state index contributed by atoms with van der Waals surface area (Å²) in [5.41, 5.74) is 2.58. The number of carboxylic acid groups (broad SMARTS) is 1. The zero-order valence-electron chi connectivity index (χ0n) is 33.3. The Morgan fingerprint density at radius 1 is 0.629 bits per heavy atom. The van der Waals surface area contributed by atoms with Gasteiger partial charge >= 0.3 is 5.97 Å². The van der Waals surface area contributed by atoms with Crippen LogP contribution in [0.5, 0.6) is 0 Å². The minimum Gasteiger partial charge on any atom is -0.480 e. The van der Waals surface area contributed by atoms with Crippen LogP contribution in [0.25, 0.3) is 0 Å². The van der Waals surface area contributed by atoms with Crippen molar-refractivity contribution in [1.82, 2.24) is 26.6 Å². The van der Waals surface area contributed by atoms with Gasteiger partial charge in [0.1, 0.15) is 30.2 Å². The predicted octanol–water partition coefficient (Wildman–Crippen LogP) is 4.39. The van der Waals surface area contributed by atoms with Crippen LogP contribution in [0.3, 0.4) is 0 Å². The van der Waals surface area contributed by atoms with E-state index in [4.69, 9.17) is 0 Å². The molecule has 2 aliphatic heterocycles. The van der Waals surface area contributed by atoms with Gasteiger partial charge in [-0.3, -0.25) is 28.8 Å². The Kier molecular flexibility index (Phi) is 15.7. The van der Waals surface area contributed by atoms with Gasteiger partial charge in [0.15, 0.2) is 0 Å². The molecule has 16 heteroatoms. The van der Waals surface area contributed by atoms with Gasteiger partial charge in [-0.15, -0.1) is 11.3 Å². The predicted molar refractivity (Wildman–Crippen MR) is 237 cm³/mol. The lowest BCUT2D eigenvalue weighted by molar-refractivity contribution is -0.142. The molecule has 0 radical (unpaired) electrons. The molecule has 0 fully saturated rings. The summed E-state index contributed by atoms with van der Waals surface area (Å²) < 4.78 is 0.793. The van der Waals surface area contributed by atoms with Gasteiger partial charge in [0.05, 0.1) is 0 Å². The van der Waals surface area contributed by atoms with E-state index in [1.54, 1.807) is 84.9 Å². The monoisotopic (exact) mass is 920 g/mol. The maximum absolute atomic E-state index is 14.5. The number of benzene rings is 4. The fourth-order valence-electron chi connectivity index (χ4n) is 6.83. The lowest BCUT2D eigenvalue weighted by Crippen LogP contribution is -2.58. The third-order valence-electron chi connectivity index (χ3n) is 10.1. The van der Waals surface area contributed by atoms with Gasteiger partial charge in [0, 0.05) is 53.6 Å². The molecule has 320 valence electrons. The van der Waals surface area contributed by atoms with Gasteiger partial charge in [0.2, 0.25) is 35.4 Å². The van der Waals surface area contributed by atoms with E-state index >= 15 is 0 Å². The highest BCUT2D eigenvalue weighted by Crippen LogP contribution is 2.20. The number of hydrogen-bond donors (Lipinski definition) is 7. The second-order valence-electron chi connectivity index (χ2n) is 14.7. The number of anilines is 1. The summed E-state index contributed by atoms with van der Waals surface area (Å²) in [6, 6.07) is 27.9. The lowest BCUT2D eigenvalue weighted by Gasteiger charge is -2.27. The van der Waals surface area contributed by atoms with Crippen molar-refractivity contribution in [2.45, 2.75) is 68.7 Å². The van der Waals surface area contributed by atoms with Crippen molar-refractivity contribution in [2.75, 3.05) is 5.32 Å². The number of fused-ring (bicyclic) bond motifs is 17. The normalized spacial score (nSPS) is 19.5. The second-order valence-corrected chi connectivity index (χ2v) is 16.7. The van der Waals surface area contributed by atoms with E-state index in [1.807, 2.05) is 17.5 Å². The number of amides is 6. The molecule has 1 aromatic heterocycles. The van der Waals surface area contributed by atoms with Gasteiger partial charge in [-0.1, -0.05) is 107 Å². The minimum atomic E-state index is -1.47. The van der Waals surface area contributed by atoms with Crippen LogP contribution >= 0.6 is 27.3 Å². The molecule has 5 aromatic rings. The van der Waals surface area contributed by atoms with Crippen LogP contribution in [0.1, 0.15) is 46.0 Å². The van der Waals surface area contributed by atoms with Crippen molar-refractivity contribution in [3.63, 3.8) is 0 Å². The number of thiophene rings is 1. The van der Waals surface area contributed by atoms with Crippen molar-refractivity contribution < 1.29 is 38.7 Å². The number of carbonyl (C=O) groups excluding carboxylic acids is 6. The van der Waals surface area contributed by atoms with Crippen molar-refractivity contribution in [3.05, 3.63) is 158 Å². The highest BCUT2D eigenvalue weighted by Gasteiger charge is 2.34. The Bertz CT molecular complexity index is 2350. The second kappa shape index (κ2) is 21.7. The molecule has 0 saturated carbocycles. The number of halogens is 1. The van der Waals surface area contributed by atoms with Crippen molar-refractivity contribution in [2.24, 2.45) is 0 Å². The Morgan fingerprint density at radius 3 is 1.76 bits per heavy atom. The zero-order valence-corrected chi connectivity index (χ0v) is 35.7. The van der Waals surface area contributed by atoms with Crippen LogP contribution < -0.4 is 31.9 Å². The third kappa shape index (κ3) is 13.2. The van der Waals surface area contributed by atoms with E-state index in [0.29, 0.717) is 22.4 Å². The largest absolute Gasteiger partial charge is 0.480 e. The average Bonchev–Trinajstić information content (AvgIpc) is 3.78. The fourth-order valence-corrected chi connectivity index (χ4v) is 7.85. The van der Waals surface area contributed by atoms with Crippen LogP contribution in [0.15, 0.2) is 131 Å². The quantitative estimate of drug-likeness (QED) is 0.0943. The molecule has 4 aromatic carbocycles. The maximum Gasteiger partial charge on any atom is 0.326 e. The fraction of sp³-hybridized carbons (Fsp3) is 0.239. The lowest BCUT2D eigenvalue weighted by atomic mass is 10.00. The van der Waals surface area contributed by atoms with Gasteiger partial charge in [0.25, 0.3) is 0 Å². The number of carboxylic acids is 1. The molecule has 7 rings (SSSR count). The Hall–Kier alpha value is -6.65. The molecule has 0 saturated heterocycles. The van der Waals surface area contributed by atoms with Gasteiger partial charge in [-0.25, -0.2) is 4.79 Å².